The summed E-state index contributed by atoms with van der Waals surface area (Å²) in [7, 11) is 0. The van der Waals surface area contributed by atoms with Crippen molar-refractivity contribution >= 4 is 22.5 Å². The van der Waals surface area contributed by atoms with E-state index in [1.807, 2.05) is 67.1 Å². The predicted octanol–water partition coefficient (Wildman–Crippen LogP) is 3.90. The van der Waals surface area contributed by atoms with Gasteiger partial charge < -0.3 is 9.88 Å². The molecule has 0 atom stereocenters. The van der Waals surface area contributed by atoms with Crippen molar-refractivity contribution in [2.75, 3.05) is 5.32 Å². The zero-order valence-electron chi connectivity index (χ0n) is 12.3. The summed E-state index contributed by atoms with van der Waals surface area (Å²) in [5, 5.41) is 4.13. The zero-order chi connectivity index (χ0) is 14.8. The fourth-order valence-corrected chi connectivity index (χ4v) is 2.58. The number of fused-ring (bicyclic) bond motifs is 1. The number of benzene rings is 2. The lowest BCUT2D eigenvalue weighted by molar-refractivity contribution is -0.116. The molecule has 3 rings (SSSR count). The molecule has 21 heavy (non-hydrogen) atoms. The molecule has 0 bridgehead atoms. The standard InChI is InChI=1S/C18H18N2O/c1-13-7-8-16(14(2)11-13)19-18(21)12-20-10-9-15-5-3-4-6-17(15)20/h3-11H,12H2,1-2H3,(H,19,21). The van der Waals surface area contributed by atoms with Gasteiger partial charge in [-0.1, -0.05) is 35.9 Å². The van der Waals surface area contributed by atoms with Crippen LogP contribution in [0.2, 0.25) is 0 Å². The average molecular weight is 278 g/mol. The molecule has 3 aromatic rings. The second-order valence-corrected chi connectivity index (χ2v) is 5.37. The molecule has 0 aliphatic carbocycles. The molecule has 1 amide bonds. The van der Waals surface area contributed by atoms with Gasteiger partial charge in [0.15, 0.2) is 0 Å². The van der Waals surface area contributed by atoms with Gasteiger partial charge in [0.25, 0.3) is 0 Å². The van der Waals surface area contributed by atoms with E-state index in [0.717, 1.165) is 22.2 Å². The number of amides is 1. The van der Waals surface area contributed by atoms with E-state index in [0.29, 0.717) is 6.54 Å². The molecular weight excluding hydrogens is 260 g/mol. The highest BCUT2D eigenvalue weighted by Gasteiger charge is 2.07. The molecule has 0 aliphatic heterocycles. The Kier molecular flexibility index (Phi) is 3.48. The summed E-state index contributed by atoms with van der Waals surface area (Å²) < 4.78 is 1.97. The average Bonchev–Trinajstić information content (AvgIpc) is 2.85. The van der Waals surface area contributed by atoms with Crippen molar-refractivity contribution in [2.45, 2.75) is 20.4 Å². The lowest BCUT2D eigenvalue weighted by atomic mass is 10.1. The SMILES string of the molecule is Cc1ccc(NC(=O)Cn2ccc3ccccc32)c(C)c1. The number of hydrogen-bond acceptors (Lipinski definition) is 1. The van der Waals surface area contributed by atoms with Crippen molar-refractivity contribution in [3.8, 4) is 0 Å². The third kappa shape index (κ3) is 2.82. The van der Waals surface area contributed by atoms with Gasteiger partial charge in [-0.3, -0.25) is 4.79 Å². The number of aryl methyl sites for hydroxylation is 2. The zero-order valence-corrected chi connectivity index (χ0v) is 12.3. The Morgan fingerprint density at radius 3 is 2.71 bits per heavy atom. The molecule has 0 fully saturated rings. The van der Waals surface area contributed by atoms with Gasteiger partial charge in [0.1, 0.15) is 6.54 Å². The molecule has 1 heterocycles. The van der Waals surface area contributed by atoms with Crippen molar-refractivity contribution in [1.29, 1.82) is 0 Å². The first-order valence-corrected chi connectivity index (χ1v) is 7.04. The van der Waals surface area contributed by atoms with Gasteiger partial charge in [-0.15, -0.1) is 0 Å². The highest BCUT2D eigenvalue weighted by atomic mass is 16.1. The van der Waals surface area contributed by atoms with Crippen LogP contribution in [-0.2, 0) is 11.3 Å². The number of para-hydroxylation sites is 1. The first-order valence-electron chi connectivity index (χ1n) is 7.04. The number of nitrogens with one attached hydrogen (secondary N) is 1. The van der Waals surface area contributed by atoms with E-state index in [1.165, 1.54) is 5.56 Å². The van der Waals surface area contributed by atoms with Crippen LogP contribution in [0.15, 0.2) is 54.7 Å². The van der Waals surface area contributed by atoms with Crippen molar-refractivity contribution in [1.82, 2.24) is 4.57 Å². The first kappa shape index (κ1) is 13.4. The molecule has 106 valence electrons. The van der Waals surface area contributed by atoms with E-state index < -0.39 is 0 Å². The summed E-state index contributed by atoms with van der Waals surface area (Å²) in [6.07, 6.45) is 1.95. The largest absolute Gasteiger partial charge is 0.338 e. The van der Waals surface area contributed by atoms with Crippen LogP contribution in [0.25, 0.3) is 10.9 Å². The molecule has 3 heteroatoms. The van der Waals surface area contributed by atoms with E-state index in [1.54, 1.807) is 0 Å². The van der Waals surface area contributed by atoms with Gasteiger partial charge in [0, 0.05) is 17.4 Å². The topological polar surface area (TPSA) is 34.0 Å². The summed E-state index contributed by atoms with van der Waals surface area (Å²) in [6, 6.07) is 16.1. The van der Waals surface area contributed by atoms with Gasteiger partial charge in [0.05, 0.1) is 0 Å². The molecule has 1 aromatic heterocycles. The number of hydrogen-bond donors (Lipinski definition) is 1. The number of carbonyl (C=O) groups excluding carboxylic acids is 1. The molecular formula is C18H18N2O. The maximum atomic E-state index is 12.2. The van der Waals surface area contributed by atoms with Crippen LogP contribution in [0.3, 0.4) is 0 Å². The molecule has 0 spiro atoms. The normalized spacial score (nSPS) is 10.8. The highest BCUT2D eigenvalue weighted by molar-refractivity contribution is 5.92. The Morgan fingerprint density at radius 2 is 1.90 bits per heavy atom. The molecule has 0 radical (unpaired) electrons. The van der Waals surface area contributed by atoms with Crippen LogP contribution >= 0.6 is 0 Å². The number of nitrogens with zero attached hydrogens (tertiary/aromatic N) is 1. The third-order valence-electron chi connectivity index (χ3n) is 3.65. The summed E-state index contributed by atoms with van der Waals surface area (Å²) >= 11 is 0. The van der Waals surface area contributed by atoms with Crippen LogP contribution in [0.5, 0.6) is 0 Å². The van der Waals surface area contributed by atoms with Crippen molar-refractivity contribution < 1.29 is 4.79 Å². The summed E-state index contributed by atoms with van der Waals surface area (Å²) in [4.78, 5) is 12.2. The van der Waals surface area contributed by atoms with Crippen LogP contribution in [0.1, 0.15) is 11.1 Å². The monoisotopic (exact) mass is 278 g/mol. The second-order valence-electron chi connectivity index (χ2n) is 5.37. The van der Waals surface area contributed by atoms with Crippen LogP contribution in [0, 0.1) is 13.8 Å². The summed E-state index contributed by atoms with van der Waals surface area (Å²) in [5.41, 5.74) is 4.23. The molecule has 1 N–H and O–H groups in total. The van der Waals surface area contributed by atoms with Crippen LogP contribution in [-0.4, -0.2) is 10.5 Å². The maximum absolute atomic E-state index is 12.2. The second kappa shape index (κ2) is 5.44. The smallest absolute Gasteiger partial charge is 0.244 e. The summed E-state index contributed by atoms with van der Waals surface area (Å²) in [6.45, 7) is 4.37. The molecule has 3 nitrogen and oxygen atoms in total. The molecule has 0 aliphatic rings. The summed E-state index contributed by atoms with van der Waals surface area (Å²) in [5.74, 6) is -0.0108. The van der Waals surface area contributed by atoms with E-state index in [-0.39, 0.29) is 5.91 Å². The quantitative estimate of drug-likeness (QED) is 0.774. The number of aromatic nitrogens is 1. The van der Waals surface area contributed by atoms with Gasteiger partial charge in [-0.05, 0) is 43.0 Å². The Bertz CT molecular complexity index is 802. The maximum Gasteiger partial charge on any atom is 0.244 e. The van der Waals surface area contributed by atoms with Gasteiger partial charge in [-0.2, -0.15) is 0 Å². The minimum absolute atomic E-state index is 0.0108. The fraction of sp³-hybridized carbons (Fsp3) is 0.167. The highest BCUT2D eigenvalue weighted by Crippen LogP contribution is 2.17. The van der Waals surface area contributed by atoms with Gasteiger partial charge in [0.2, 0.25) is 5.91 Å². The van der Waals surface area contributed by atoms with Crippen LogP contribution < -0.4 is 5.32 Å². The van der Waals surface area contributed by atoms with Crippen LogP contribution in [0.4, 0.5) is 5.69 Å². The lowest BCUT2D eigenvalue weighted by Crippen LogP contribution is -2.18. The van der Waals surface area contributed by atoms with Crippen molar-refractivity contribution in [3.05, 3.63) is 65.9 Å². The lowest BCUT2D eigenvalue weighted by Gasteiger charge is -2.10. The van der Waals surface area contributed by atoms with E-state index in [9.17, 15) is 4.79 Å². The van der Waals surface area contributed by atoms with E-state index >= 15 is 0 Å². The number of carbonyl (C=O) groups is 1. The van der Waals surface area contributed by atoms with E-state index in [2.05, 4.69) is 11.4 Å². The third-order valence-corrected chi connectivity index (χ3v) is 3.65. The Labute approximate surface area is 124 Å². The van der Waals surface area contributed by atoms with Gasteiger partial charge in [-0.25, -0.2) is 0 Å². The molecule has 0 unspecified atom stereocenters. The van der Waals surface area contributed by atoms with Crippen molar-refractivity contribution in [2.24, 2.45) is 0 Å². The first-order chi connectivity index (χ1) is 10.1. The number of rotatable bonds is 3. The minimum atomic E-state index is -0.0108. The van der Waals surface area contributed by atoms with Gasteiger partial charge >= 0.3 is 0 Å². The molecule has 0 saturated carbocycles. The predicted molar refractivity (Wildman–Crippen MR) is 86.5 cm³/mol. The Hall–Kier alpha value is -2.55. The van der Waals surface area contributed by atoms with Crippen molar-refractivity contribution in [3.63, 3.8) is 0 Å². The van der Waals surface area contributed by atoms with E-state index in [4.69, 9.17) is 0 Å². The Balaban J connectivity index is 1.77. The fourth-order valence-electron chi connectivity index (χ4n) is 2.58. The molecule has 0 saturated heterocycles. The number of anilines is 1. The minimum Gasteiger partial charge on any atom is -0.338 e. The molecule has 2 aromatic carbocycles. The Morgan fingerprint density at radius 1 is 1.10 bits per heavy atom.